The summed E-state index contributed by atoms with van der Waals surface area (Å²) < 4.78 is 107. The first kappa shape index (κ1) is 28.4. The Hall–Kier alpha value is -8.22. The van der Waals surface area contributed by atoms with E-state index >= 15 is 0 Å². The lowest BCUT2D eigenvalue weighted by Crippen LogP contribution is -2.31. The second-order valence-electron chi connectivity index (χ2n) is 16.7. The Labute approximate surface area is 384 Å². The fraction of sp³-hybridized carbons (Fsp3) is 0.0690. The summed E-state index contributed by atoms with van der Waals surface area (Å²) in [5.41, 5.74) is 5.93. The van der Waals surface area contributed by atoms with E-state index in [9.17, 15) is 0 Å². The highest BCUT2D eigenvalue weighted by molar-refractivity contribution is 6.10. The molecule has 0 unspecified atom stereocenters. The van der Waals surface area contributed by atoms with Crippen molar-refractivity contribution in [1.29, 1.82) is 0 Å². The van der Waals surface area contributed by atoms with Crippen molar-refractivity contribution in [2.24, 2.45) is 0 Å². The maximum atomic E-state index is 9.16. The van der Waals surface area contributed by atoms with Crippen LogP contribution in [-0.2, 0) is 5.41 Å². The van der Waals surface area contributed by atoms with Crippen LogP contribution in [0.5, 0.6) is 11.5 Å². The second-order valence-corrected chi connectivity index (χ2v) is 16.7. The zero-order valence-corrected chi connectivity index (χ0v) is 34.9. The van der Waals surface area contributed by atoms with E-state index in [1.165, 1.54) is 0 Å². The molecular formula is C58H42N4O2. The Bertz CT molecular complexity index is 4220. The maximum Gasteiger partial charge on any atom is 0.269 e. The summed E-state index contributed by atoms with van der Waals surface area (Å²) in [5.74, 6) is 1.85. The summed E-state index contributed by atoms with van der Waals surface area (Å²) in [7, 11) is 0. The number of fused-ring (bicyclic) bond motifs is 7. The number of para-hydroxylation sites is 3. The van der Waals surface area contributed by atoms with E-state index in [0.717, 1.165) is 44.0 Å². The van der Waals surface area contributed by atoms with Crippen LogP contribution in [0.1, 0.15) is 40.0 Å². The maximum absolute atomic E-state index is 9.16. The van der Waals surface area contributed by atoms with Gasteiger partial charge in [-0.05, 0) is 100.0 Å². The first-order valence-electron chi connectivity index (χ1n) is 25.9. The average molecular weight is 837 g/mol. The topological polar surface area (TPSA) is 49.0 Å². The molecule has 12 rings (SSSR count). The van der Waals surface area contributed by atoms with Gasteiger partial charge in [-0.2, -0.15) is 0 Å². The van der Waals surface area contributed by atoms with Crippen LogP contribution in [0.4, 0.5) is 0 Å². The van der Waals surface area contributed by atoms with Crippen molar-refractivity contribution in [2.45, 2.75) is 26.2 Å². The predicted molar refractivity (Wildman–Crippen MR) is 259 cm³/mol. The molecule has 0 spiro atoms. The first-order chi connectivity index (χ1) is 35.5. The number of pyridine rings is 1. The van der Waals surface area contributed by atoms with Gasteiger partial charge in [-0.1, -0.05) is 142 Å². The molecule has 4 aromatic heterocycles. The zero-order chi connectivity index (χ0) is 51.6. The highest BCUT2D eigenvalue weighted by Gasteiger charge is 2.23. The summed E-state index contributed by atoms with van der Waals surface area (Å²) in [4.78, 5) is 4.84. The molecule has 0 saturated carbocycles. The lowest BCUT2D eigenvalue weighted by atomic mass is 9.88. The van der Waals surface area contributed by atoms with Crippen LogP contribution in [0.15, 0.2) is 204 Å². The molecule has 0 N–H and O–H groups in total. The quantitative estimate of drug-likeness (QED) is 0.119. The minimum Gasteiger partial charge on any atom is -0.458 e. The number of aromatic nitrogens is 4. The van der Waals surface area contributed by atoms with Crippen LogP contribution in [-0.4, -0.2) is 14.1 Å². The molecule has 0 saturated heterocycles. The van der Waals surface area contributed by atoms with Gasteiger partial charge in [0.25, 0.3) is 6.33 Å². The largest absolute Gasteiger partial charge is 0.458 e. The van der Waals surface area contributed by atoms with E-state index in [1.807, 2.05) is 97.2 Å². The van der Waals surface area contributed by atoms with Gasteiger partial charge in [0.1, 0.15) is 28.5 Å². The van der Waals surface area contributed by atoms with Crippen LogP contribution in [0.2, 0.25) is 0 Å². The molecule has 0 bridgehead atoms. The highest BCUT2D eigenvalue weighted by Crippen LogP contribution is 2.39. The monoisotopic (exact) mass is 836 g/mol. The number of hydrogen-bond donors (Lipinski definition) is 0. The number of hydrogen-bond acceptors (Lipinski definition) is 3. The van der Waals surface area contributed by atoms with Gasteiger partial charge < -0.3 is 9.15 Å². The van der Waals surface area contributed by atoms with Crippen LogP contribution < -0.4 is 9.30 Å². The third-order valence-corrected chi connectivity index (χ3v) is 11.8. The van der Waals surface area contributed by atoms with Crippen LogP contribution in [0.3, 0.4) is 0 Å². The molecule has 6 nitrogen and oxygen atoms in total. The minimum absolute atomic E-state index is 0.101. The Kier molecular flexibility index (Phi) is 6.53. The molecule has 0 aliphatic heterocycles. The Balaban J connectivity index is 1.09. The number of benzene rings is 8. The van der Waals surface area contributed by atoms with Crippen molar-refractivity contribution in [2.75, 3.05) is 0 Å². The third-order valence-electron chi connectivity index (χ3n) is 11.8. The van der Waals surface area contributed by atoms with Gasteiger partial charge in [-0.3, -0.25) is 13.7 Å². The summed E-state index contributed by atoms with van der Waals surface area (Å²) in [6, 6.07) is 36.6. The second kappa shape index (κ2) is 14.7. The molecule has 306 valence electrons. The van der Waals surface area contributed by atoms with Gasteiger partial charge in [0, 0.05) is 33.8 Å². The fourth-order valence-corrected chi connectivity index (χ4v) is 8.73. The summed E-state index contributed by atoms with van der Waals surface area (Å²) >= 11 is 0. The fourth-order valence-electron chi connectivity index (χ4n) is 8.73. The molecular weight excluding hydrogens is 785 g/mol. The summed E-state index contributed by atoms with van der Waals surface area (Å²) in [5, 5.41) is 3.66. The zero-order valence-electron chi connectivity index (χ0n) is 44.9. The van der Waals surface area contributed by atoms with Crippen LogP contribution in [0, 0.1) is 6.33 Å². The van der Waals surface area contributed by atoms with Gasteiger partial charge in [0.15, 0.2) is 0 Å². The minimum atomic E-state index is -0.579. The molecule has 0 fully saturated rings. The Morgan fingerprint density at radius 1 is 0.594 bits per heavy atom. The molecule has 0 radical (unpaired) electrons. The normalized spacial score (nSPS) is 14.2. The average Bonchev–Trinajstić information content (AvgIpc) is 4.07. The van der Waals surface area contributed by atoms with Gasteiger partial charge in [-0.25, -0.2) is 4.98 Å². The van der Waals surface area contributed by atoms with Crippen molar-refractivity contribution in [3.63, 3.8) is 0 Å². The smallest absolute Gasteiger partial charge is 0.269 e. The van der Waals surface area contributed by atoms with Gasteiger partial charge in [0.05, 0.1) is 47.1 Å². The van der Waals surface area contributed by atoms with Gasteiger partial charge in [0.2, 0.25) is 0 Å². The number of imidazole rings is 1. The Morgan fingerprint density at radius 2 is 1.28 bits per heavy atom. The number of ether oxygens (including phenoxy) is 1. The molecule has 4 heterocycles. The van der Waals surface area contributed by atoms with E-state index < -0.39 is 60.4 Å². The molecule has 6 heteroatoms. The van der Waals surface area contributed by atoms with Crippen molar-refractivity contribution >= 4 is 54.8 Å². The van der Waals surface area contributed by atoms with Crippen molar-refractivity contribution < 1.29 is 27.4 Å². The first-order valence-corrected chi connectivity index (χ1v) is 20.9. The van der Waals surface area contributed by atoms with E-state index in [-0.39, 0.29) is 33.4 Å². The molecule has 12 aromatic rings. The predicted octanol–water partition coefficient (Wildman–Crippen LogP) is 14.5. The molecule has 8 aromatic carbocycles. The van der Waals surface area contributed by atoms with Crippen LogP contribution in [0.25, 0.3) is 94.2 Å². The van der Waals surface area contributed by atoms with E-state index in [2.05, 4.69) is 55.9 Å². The SMILES string of the molecule is [2H]c1c([2H])c([2H])c(-c2cccc(-c3c([2H])c([2H])c([2H])c([2H])c3[2H])c2-[n+]2[c-]n(-c3cccc(Oc4ccc5c6ccccc6n(-c6cc(C(C)(C)C)ccn6)c5c4)c3)c3cc4oc5ccccc5c4cc32)c([2H])c1[2H]. The standard InChI is InChI=1S/C58H42N4O2/c1-58(2,3)40-30-31-59-56(32-40)62-50-26-12-10-22-46(50)47-29-28-43(34-51(47)62)63-42-21-14-20-41(33-42)60-37-61(52-35-49-48-23-11-13-27-54(48)64-55(49)36-53(52)60)57-44(38-16-6-4-7-17-38)24-15-25-45(57)39-18-8-5-9-19-39/h4-36H,1-3H3/i4D,5D,6D,7D,8D,9D,16D,17D,18D,19D. The highest BCUT2D eigenvalue weighted by atomic mass is 16.5. The molecule has 0 atom stereocenters. The summed E-state index contributed by atoms with van der Waals surface area (Å²) in [6.45, 7) is 6.53. The number of furan rings is 1. The molecule has 0 amide bonds. The van der Waals surface area contributed by atoms with Gasteiger partial charge in [-0.15, -0.1) is 0 Å². The van der Waals surface area contributed by atoms with E-state index in [1.54, 1.807) is 27.3 Å². The van der Waals surface area contributed by atoms with E-state index in [4.69, 9.17) is 27.8 Å². The third kappa shape index (κ3) is 6.25. The van der Waals surface area contributed by atoms with Crippen molar-refractivity contribution in [3.05, 3.63) is 212 Å². The van der Waals surface area contributed by atoms with Crippen molar-refractivity contribution in [3.8, 4) is 50.9 Å². The lowest BCUT2D eigenvalue weighted by molar-refractivity contribution is -0.571. The van der Waals surface area contributed by atoms with Gasteiger partial charge >= 0.3 is 0 Å². The lowest BCUT2D eigenvalue weighted by Gasteiger charge is -2.20. The van der Waals surface area contributed by atoms with E-state index in [0.29, 0.717) is 39.4 Å². The number of rotatable bonds is 7. The van der Waals surface area contributed by atoms with Crippen molar-refractivity contribution in [1.82, 2.24) is 14.1 Å². The molecule has 0 aliphatic rings. The van der Waals surface area contributed by atoms with Crippen LogP contribution >= 0.6 is 0 Å². The molecule has 64 heavy (non-hydrogen) atoms. The Morgan fingerprint density at radius 3 is 2.05 bits per heavy atom. The summed E-state index contributed by atoms with van der Waals surface area (Å²) in [6.07, 6.45) is 5.35. The molecule has 0 aliphatic carbocycles. The number of nitrogens with zero attached hydrogens (tertiary/aromatic N) is 4.